The van der Waals surface area contributed by atoms with E-state index >= 15 is 0 Å². The van der Waals surface area contributed by atoms with Crippen LogP contribution in [0.15, 0.2) is 36.4 Å². The summed E-state index contributed by atoms with van der Waals surface area (Å²) in [6, 6.07) is 7.57. The Morgan fingerprint density at radius 1 is 0.938 bits per heavy atom. The van der Waals surface area contributed by atoms with Crippen LogP contribution in [-0.4, -0.2) is 36.3 Å². The number of carbonyl (C=O) groups is 2. The average molecular weight is 456 g/mol. The number of allylic oxidation sites excluding steroid dienone is 2. The number of benzene rings is 1. The lowest BCUT2D eigenvalue weighted by Crippen LogP contribution is -2.60. The fraction of sp³-hybridized carbons (Fsp3) is 0.615. The van der Waals surface area contributed by atoms with Crippen molar-refractivity contribution in [1.29, 1.82) is 0 Å². The molecule has 5 rings (SSSR count). The molecule has 1 saturated heterocycles. The molecule has 1 aliphatic heterocycles. The third-order valence-corrected chi connectivity index (χ3v) is 9.44. The molecule has 1 spiro atoms. The zero-order chi connectivity index (χ0) is 22.6. The number of likely N-dealkylation sites (tertiary alicyclic amines) is 1. The summed E-state index contributed by atoms with van der Waals surface area (Å²) in [6.07, 6.45) is 11.9. The van der Waals surface area contributed by atoms with Crippen molar-refractivity contribution in [1.82, 2.24) is 4.90 Å². The van der Waals surface area contributed by atoms with Crippen LogP contribution in [0.3, 0.4) is 0 Å². The summed E-state index contributed by atoms with van der Waals surface area (Å²) >= 11 is 6.11. The highest BCUT2D eigenvalue weighted by molar-refractivity contribution is 6.30. The minimum atomic E-state index is -0.990. The number of nitrogens with two attached hydrogens (primary N) is 2. The van der Waals surface area contributed by atoms with E-state index in [9.17, 15) is 9.59 Å². The van der Waals surface area contributed by atoms with Crippen LogP contribution in [-0.2, 0) is 16.0 Å². The molecule has 2 saturated carbocycles. The van der Waals surface area contributed by atoms with Gasteiger partial charge >= 0.3 is 0 Å². The second kappa shape index (κ2) is 7.88. The van der Waals surface area contributed by atoms with E-state index in [0.717, 1.165) is 37.8 Å². The molecule has 0 aromatic heterocycles. The minimum absolute atomic E-state index is 0.00378. The van der Waals surface area contributed by atoms with Crippen LogP contribution in [0.4, 0.5) is 0 Å². The summed E-state index contributed by atoms with van der Waals surface area (Å²) in [4.78, 5) is 29.3. The van der Waals surface area contributed by atoms with Crippen molar-refractivity contribution in [2.45, 2.75) is 51.4 Å². The predicted octanol–water partition coefficient (Wildman–Crippen LogP) is 3.69. The van der Waals surface area contributed by atoms with Crippen LogP contribution in [0.25, 0.3) is 0 Å². The standard InChI is InChI=1S/C26H34ClN3O2/c27-19-7-5-18(6-8-19)17-26(23(29)32)21-10-9-20(24(21)12-13-24)25(26,22(28)31)11-1-2-14-30-15-3-4-16-30/h5-10,20-21H,1-4,11-17H2,(H2,28,31)(H2,29,32)/t20-,21+,25+,26+/m1/s1. The first kappa shape index (κ1) is 22.0. The first-order valence-corrected chi connectivity index (χ1v) is 12.5. The van der Waals surface area contributed by atoms with Crippen LogP contribution >= 0.6 is 11.6 Å². The van der Waals surface area contributed by atoms with Gasteiger partial charge in [0.1, 0.15) is 0 Å². The van der Waals surface area contributed by atoms with Crippen molar-refractivity contribution in [3.05, 3.63) is 47.0 Å². The number of amides is 2. The second-order valence-electron chi connectivity index (χ2n) is 10.6. The van der Waals surface area contributed by atoms with Crippen molar-refractivity contribution in [3.8, 4) is 0 Å². The van der Waals surface area contributed by atoms with Crippen LogP contribution in [0.5, 0.6) is 0 Å². The topological polar surface area (TPSA) is 89.4 Å². The van der Waals surface area contributed by atoms with Gasteiger partial charge in [0.25, 0.3) is 0 Å². The largest absolute Gasteiger partial charge is 0.369 e. The number of carbonyl (C=O) groups excluding carboxylic acids is 2. The Hall–Kier alpha value is -1.85. The van der Waals surface area contributed by atoms with Crippen LogP contribution in [0.1, 0.15) is 50.5 Å². The van der Waals surface area contributed by atoms with E-state index in [-0.39, 0.29) is 29.1 Å². The first-order valence-electron chi connectivity index (χ1n) is 12.1. The van der Waals surface area contributed by atoms with E-state index in [1.807, 2.05) is 24.3 Å². The first-order chi connectivity index (χ1) is 15.4. The maximum atomic E-state index is 13.4. The summed E-state index contributed by atoms with van der Waals surface area (Å²) in [5, 5.41) is 0.649. The van der Waals surface area contributed by atoms with Crippen LogP contribution < -0.4 is 11.5 Å². The van der Waals surface area contributed by atoms with Gasteiger partial charge in [0.05, 0.1) is 10.8 Å². The molecule has 2 amide bonds. The Labute approximate surface area is 195 Å². The molecule has 32 heavy (non-hydrogen) atoms. The van der Waals surface area contributed by atoms with Gasteiger partial charge in [0, 0.05) is 5.02 Å². The highest BCUT2D eigenvalue weighted by atomic mass is 35.5. The second-order valence-corrected chi connectivity index (χ2v) is 11.0. The molecule has 6 heteroatoms. The smallest absolute Gasteiger partial charge is 0.225 e. The Morgan fingerprint density at radius 3 is 2.09 bits per heavy atom. The van der Waals surface area contributed by atoms with Gasteiger partial charge in [0.2, 0.25) is 11.8 Å². The summed E-state index contributed by atoms with van der Waals surface area (Å²) < 4.78 is 0. The van der Waals surface area contributed by atoms with Crippen LogP contribution in [0, 0.1) is 28.1 Å². The van der Waals surface area contributed by atoms with Gasteiger partial charge in [-0.15, -0.1) is 0 Å². The van der Waals surface area contributed by atoms with Gasteiger partial charge in [-0.05, 0) is 99.5 Å². The van der Waals surface area contributed by atoms with Gasteiger partial charge < -0.3 is 16.4 Å². The number of primary amides is 2. The van der Waals surface area contributed by atoms with Crippen molar-refractivity contribution >= 4 is 23.4 Å². The molecule has 1 aromatic rings. The number of unbranched alkanes of at least 4 members (excludes halogenated alkanes) is 1. The number of halogens is 1. The van der Waals surface area contributed by atoms with Gasteiger partial charge in [0.15, 0.2) is 0 Å². The molecule has 2 bridgehead atoms. The monoisotopic (exact) mass is 455 g/mol. The Kier molecular flexibility index (Phi) is 5.41. The molecule has 5 nitrogen and oxygen atoms in total. The average Bonchev–Trinajstić information content (AvgIpc) is 3.13. The maximum Gasteiger partial charge on any atom is 0.225 e. The quantitative estimate of drug-likeness (QED) is 0.439. The molecule has 4 aliphatic rings. The van der Waals surface area contributed by atoms with E-state index in [2.05, 4.69) is 17.1 Å². The molecule has 1 aromatic carbocycles. The van der Waals surface area contributed by atoms with E-state index < -0.39 is 10.8 Å². The fourth-order valence-electron chi connectivity index (χ4n) is 7.70. The molecule has 3 aliphatic carbocycles. The summed E-state index contributed by atoms with van der Waals surface area (Å²) in [6.45, 7) is 3.38. The molecule has 4 N–H and O–H groups in total. The molecule has 0 unspecified atom stereocenters. The zero-order valence-electron chi connectivity index (χ0n) is 18.7. The zero-order valence-corrected chi connectivity index (χ0v) is 19.4. The van der Waals surface area contributed by atoms with Gasteiger partial charge in [-0.1, -0.05) is 42.3 Å². The van der Waals surface area contributed by atoms with Gasteiger partial charge in [-0.3, -0.25) is 9.59 Å². The van der Waals surface area contributed by atoms with Crippen LogP contribution in [0.2, 0.25) is 5.02 Å². The summed E-state index contributed by atoms with van der Waals surface area (Å²) in [5.74, 6) is -0.758. The number of rotatable bonds is 9. The van der Waals surface area contributed by atoms with Gasteiger partial charge in [-0.25, -0.2) is 0 Å². The van der Waals surface area contributed by atoms with Crippen molar-refractivity contribution < 1.29 is 9.59 Å². The lowest BCUT2D eigenvalue weighted by Gasteiger charge is -2.48. The maximum absolute atomic E-state index is 13.4. The summed E-state index contributed by atoms with van der Waals surface area (Å²) in [7, 11) is 0. The van der Waals surface area contributed by atoms with E-state index in [0.29, 0.717) is 17.9 Å². The highest BCUT2D eigenvalue weighted by Crippen LogP contribution is 2.81. The Morgan fingerprint density at radius 2 is 1.53 bits per heavy atom. The Bertz CT molecular complexity index is 935. The molecule has 3 fully saturated rings. The molecule has 1 heterocycles. The predicted molar refractivity (Wildman–Crippen MR) is 126 cm³/mol. The lowest BCUT2D eigenvalue weighted by atomic mass is 9.53. The van der Waals surface area contributed by atoms with Gasteiger partial charge in [-0.2, -0.15) is 0 Å². The van der Waals surface area contributed by atoms with E-state index in [1.165, 1.54) is 25.9 Å². The molecular weight excluding hydrogens is 422 g/mol. The van der Waals surface area contributed by atoms with Crippen molar-refractivity contribution in [2.75, 3.05) is 19.6 Å². The number of hydrogen-bond donors (Lipinski definition) is 2. The van der Waals surface area contributed by atoms with E-state index in [4.69, 9.17) is 23.1 Å². The Balaban J connectivity index is 1.50. The van der Waals surface area contributed by atoms with E-state index in [1.54, 1.807) is 0 Å². The number of hydrogen-bond acceptors (Lipinski definition) is 3. The SMILES string of the molecule is NC(=O)[C@]1(CCCCN2CCCC2)[C@@H]2C=C[C@@H](C23CC3)[C@@]1(Cc1ccc(Cl)cc1)C(N)=O. The fourth-order valence-corrected chi connectivity index (χ4v) is 7.83. The van der Waals surface area contributed by atoms with Crippen molar-refractivity contribution in [3.63, 3.8) is 0 Å². The highest BCUT2D eigenvalue weighted by Gasteiger charge is 2.81. The normalized spacial score (nSPS) is 34.4. The third kappa shape index (κ3) is 3.00. The minimum Gasteiger partial charge on any atom is -0.369 e. The third-order valence-electron chi connectivity index (χ3n) is 9.19. The summed E-state index contributed by atoms with van der Waals surface area (Å²) in [5.41, 5.74) is 11.5. The molecular formula is C26H34ClN3O2. The molecule has 172 valence electrons. The van der Waals surface area contributed by atoms with Crippen molar-refractivity contribution in [2.24, 2.45) is 39.5 Å². The molecule has 0 radical (unpaired) electrons. The lowest BCUT2D eigenvalue weighted by molar-refractivity contribution is -0.151. The molecule has 4 atom stereocenters. The number of nitrogens with zero attached hydrogens (tertiary/aromatic N) is 1.